The molecular weight excluding hydrogens is 288 g/mol. The Kier molecular flexibility index (Phi) is 5.76. The minimum absolute atomic E-state index is 0.0306. The first-order valence-corrected chi connectivity index (χ1v) is 8.22. The van der Waals surface area contributed by atoms with Gasteiger partial charge in [0.25, 0.3) is 5.91 Å². The molecule has 1 aromatic heterocycles. The number of fused-ring (bicyclic) bond motifs is 1. The fourth-order valence-corrected chi connectivity index (χ4v) is 3.61. The van der Waals surface area contributed by atoms with E-state index in [1.165, 1.54) is 23.3 Å². The fourth-order valence-electron chi connectivity index (χ4n) is 2.44. The van der Waals surface area contributed by atoms with E-state index < -0.39 is 0 Å². The highest BCUT2D eigenvalue weighted by molar-refractivity contribution is 7.14. The summed E-state index contributed by atoms with van der Waals surface area (Å²) in [5.74, 6) is -0.412. The summed E-state index contributed by atoms with van der Waals surface area (Å²) in [5.41, 5.74) is 1.29. The van der Waals surface area contributed by atoms with Gasteiger partial charge in [0.1, 0.15) is 0 Å². The summed E-state index contributed by atoms with van der Waals surface area (Å²) >= 11 is 1.54. The predicted molar refractivity (Wildman–Crippen MR) is 82.6 cm³/mol. The molecule has 0 aromatic carbocycles. The van der Waals surface area contributed by atoms with Gasteiger partial charge in [-0.2, -0.15) is 0 Å². The van der Waals surface area contributed by atoms with Gasteiger partial charge in [-0.25, -0.2) is 0 Å². The second-order valence-electron chi connectivity index (χ2n) is 5.43. The Bertz CT molecular complexity index is 490. The van der Waals surface area contributed by atoms with Gasteiger partial charge in [-0.3, -0.25) is 9.59 Å². The van der Waals surface area contributed by atoms with Crippen LogP contribution < -0.4 is 10.6 Å². The van der Waals surface area contributed by atoms with E-state index >= 15 is 0 Å². The lowest BCUT2D eigenvalue weighted by Gasteiger charge is -2.12. The summed E-state index contributed by atoms with van der Waals surface area (Å²) in [4.78, 5) is 25.7. The average Bonchev–Trinajstić information content (AvgIpc) is 2.89. The Labute approximate surface area is 128 Å². The average molecular weight is 310 g/mol. The molecule has 1 unspecified atom stereocenters. The number of hydrogen-bond acceptors (Lipinski definition) is 4. The summed E-state index contributed by atoms with van der Waals surface area (Å²) in [6.45, 7) is 1.83. The van der Waals surface area contributed by atoms with Crippen molar-refractivity contribution in [2.75, 3.05) is 13.2 Å². The summed E-state index contributed by atoms with van der Waals surface area (Å²) < 4.78 is 0. The number of aliphatic hydroxyl groups excluding tert-OH is 1. The van der Waals surface area contributed by atoms with E-state index in [-0.39, 0.29) is 31.0 Å². The predicted octanol–water partition coefficient (Wildman–Crippen LogP) is 1.24. The summed E-state index contributed by atoms with van der Waals surface area (Å²) in [6, 6.07) is 1.87. The van der Waals surface area contributed by atoms with Crippen LogP contribution in [0.5, 0.6) is 0 Å². The summed E-state index contributed by atoms with van der Waals surface area (Å²) in [5, 5.41) is 14.2. The van der Waals surface area contributed by atoms with Gasteiger partial charge in [0, 0.05) is 17.5 Å². The van der Waals surface area contributed by atoms with Gasteiger partial charge in [-0.15, -0.1) is 11.3 Å². The Morgan fingerprint density at radius 3 is 2.86 bits per heavy atom. The van der Waals surface area contributed by atoms with Crippen molar-refractivity contribution in [3.8, 4) is 0 Å². The molecule has 3 N–H and O–H groups in total. The minimum atomic E-state index is -0.231. The molecule has 0 spiro atoms. The monoisotopic (exact) mass is 310 g/mol. The van der Waals surface area contributed by atoms with Gasteiger partial charge in [-0.1, -0.05) is 0 Å². The molecular formula is C15H22N2O3S. The molecule has 0 fully saturated rings. The third-order valence-corrected chi connectivity index (χ3v) is 4.84. The van der Waals surface area contributed by atoms with Crippen LogP contribution in [0.15, 0.2) is 6.07 Å². The molecule has 21 heavy (non-hydrogen) atoms. The van der Waals surface area contributed by atoms with Crippen LogP contribution in [0.4, 0.5) is 0 Å². The lowest BCUT2D eigenvalue weighted by molar-refractivity contribution is -0.120. The molecule has 0 saturated carbocycles. The highest BCUT2D eigenvalue weighted by atomic mass is 32.1. The van der Waals surface area contributed by atoms with E-state index in [1.807, 2.05) is 13.0 Å². The van der Waals surface area contributed by atoms with E-state index in [9.17, 15) is 9.59 Å². The first-order chi connectivity index (χ1) is 10.1. The number of nitrogens with one attached hydrogen (secondary N) is 2. The maximum Gasteiger partial charge on any atom is 0.261 e. The fraction of sp³-hybridized carbons (Fsp3) is 0.600. The van der Waals surface area contributed by atoms with Crippen LogP contribution in [0.25, 0.3) is 0 Å². The van der Waals surface area contributed by atoms with Crippen LogP contribution in [-0.4, -0.2) is 36.1 Å². The van der Waals surface area contributed by atoms with Gasteiger partial charge in [-0.05, 0) is 50.7 Å². The zero-order valence-electron chi connectivity index (χ0n) is 12.3. The van der Waals surface area contributed by atoms with Gasteiger partial charge < -0.3 is 15.7 Å². The third-order valence-electron chi connectivity index (χ3n) is 3.60. The van der Waals surface area contributed by atoms with Gasteiger partial charge >= 0.3 is 0 Å². The molecule has 6 heteroatoms. The Balaban J connectivity index is 1.81. The van der Waals surface area contributed by atoms with Crippen molar-refractivity contribution in [1.29, 1.82) is 0 Å². The number of carbonyl (C=O) groups excluding carboxylic acids is 2. The van der Waals surface area contributed by atoms with Crippen molar-refractivity contribution in [2.45, 2.75) is 45.1 Å². The van der Waals surface area contributed by atoms with E-state index in [0.717, 1.165) is 12.8 Å². The third kappa shape index (κ3) is 4.54. The van der Waals surface area contributed by atoms with Crippen molar-refractivity contribution in [3.63, 3.8) is 0 Å². The molecule has 1 aromatic rings. The van der Waals surface area contributed by atoms with Crippen LogP contribution in [-0.2, 0) is 17.6 Å². The highest BCUT2D eigenvalue weighted by Crippen LogP contribution is 2.29. The molecule has 0 aliphatic heterocycles. The lowest BCUT2D eigenvalue weighted by Crippen LogP contribution is -2.41. The van der Waals surface area contributed by atoms with Gasteiger partial charge in [0.2, 0.25) is 5.91 Å². The summed E-state index contributed by atoms with van der Waals surface area (Å²) in [7, 11) is 0. The smallest absolute Gasteiger partial charge is 0.261 e. The van der Waals surface area contributed by atoms with Crippen LogP contribution in [0.1, 0.15) is 46.3 Å². The number of aliphatic hydroxyl groups is 1. The first-order valence-electron chi connectivity index (χ1n) is 7.40. The topological polar surface area (TPSA) is 78.4 Å². The zero-order chi connectivity index (χ0) is 15.2. The maximum absolute atomic E-state index is 12.1. The quantitative estimate of drug-likeness (QED) is 0.740. The molecule has 0 bridgehead atoms. The number of carbonyl (C=O) groups is 2. The SMILES string of the molecule is CC(CCO)NC(=O)CNC(=O)c1cc2c(s1)CCCC2. The number of rotatable bonds is 6. The molecule has 1 atom stereocenters. The van der Waals surface area contributed by atoms with Gasteiger partial charge in [0.15, 0.2) is 0 Å². The summed E-state index contributed by atoms with van der Waals surface area (Å²) in [6.07, 6.45) is 5.01. The zero-order valence-corrected chi connectivity index (χ0v) is 13.1. The maximum atomic E-state index is 12.1. The minimum Gasteiger partial charge on any atom is -0.396 e. The molecule has 1 heterocycles. The van der Waals surface area contributed by atoms with E-state index in [4.69, 9.17) is 5.11 Å². The molecule has 2 amide bonds. The van der Waals surface area contributed by atoms with Crippen molar-refractivity contribution < 1.29 is 14.7 Å². The molecule has 116 valence electrons. The molecule has 0 saturated heterocycles. The van der Waals surface area contributed by atoms with E-state index in [2.05, 4.69) is 10.6 Å². The van der Waals surface area contributed by atoms with E-state index in [1.54, 1.807) is 11.3 Å². The van der Waals surface area contributed by atoms with Crippen LogP contribution in [0.2, 0.25) is 0 Å². The Morgan fingerprint density at radius 2 is 2.14 bits per heavy atom. The Hall–Kier alpha value is -1.40. The van der Waals surface area contributed by atoms with Crippen molar-refractivity contribution in [3.05, 3.63) is 21.4 Å². The second kappa shape index (κ2) is 7.56. The standard InChI is InChI=1S/C15H22N2O3S/c1-10(6-7-18)17-14(19)9-16-15(20)13-8-11-4-2-3-5-12(11)21-13/h8,10,18H,2-7,9H2,1H3,(H,16,20)(H,17,19). The molecule has 1 aliphatic carbocycles. The molecule has 5 nitrogen and oxygen atoms in total. The lowest BCUT2D eigenvalue weighted by atomic mass is 9.99. The van der Waals surface area contributed by atoms with Crippen LogP contribution in [0.3, 0.4) is 0 Å². The van der Waals surface area contributed by atoms with E-state index in [0.29, 0.717) is 11.3 Å². The highest BCUT2D eigenvalue weighted by Gasteiger charge is 2.17. The van der Waals surface area contributed by atoms with Crippen LogP contribution in [0, 0.1) is 0 Å². The normalized spacial score (nSPS) is 15.1. The first kappa shape index (κ1) is 16.0. The van der Waals surface area contributed by atoms with Gasteiger partial charge in [0.05, 0.1) is 11.4 Å². The molecule has 2 rings (SSSR count). The van der Waals surface area contributed by atoms with Crippen molar-refractivity contribution in [2.24, 2.45) is 0 Å². The molecule has 1 aliphatic rings. The van der Waals surface area contributed by atoms with Crippen molar-refractivity contribution >= 4 is 23.2 Å². The second-order valence-corrected chi connectivity index (χ2v) is 6.57. The van der Waals surface area contributed by atoms with Crippen LogP contribution >= 0.6 is 11.3 Å². The largest absolute Gasteiger partial charge is 0.396 e. The Morgan fingerprint density at radius 1 is 1.38 bits per heavy atom. The number of hydrogen-bond donors (Lipinski definition) is 3. The number of thiophene rings is 1. The number of aryl methyl sites for hydroxylation is 2. The van der Waals surface area contributed by atoms with Crippen molar-refractivity contribution in [1.82, 2.24) is 10.6 Å². The molecule has 0 radical (unpaired) electrons. The number of amides is 2.